The first-order chi connectivity index (χ1) is 7.52. The monoisotopic (exact) mass is 262 g/mol. The summed E-state index contributed by atoms with van der Waals surface area (Å²) in [5, 5.41) is 0. The Morgan fingerprint density at radius 1 is 0.688 bits per heavy atom. The van der Waals surface area contributed by atoms with Crippen LogP contribution < -0.4 is 0 Å². The normalized spacial score (nSPS) is 8.00. The quantitative estimate of drug-likeness (QED) is 0.690. The third kappa shape index (κ3) is 10.2. The van der Waals surface area contributed by atoms with Crippen LogP contribution in [-0.4, -0.2) is 22.9 Å². The number of nitrogens with zero attached hydrogens (tertiary/aromatic N) is 2. The number of amides is 2. The van der Waals surface area contributed by atoms with Gasteiger partial charge in [0.15, 0.2) is 0 Å². The summed E-state index contributed by atoms with van der Waals surface area (Å²) in [7, 11) is -5.91. The summed E-state index contributed by atoms with van der Waals surface area (Å²) < 4.78 is 42.6. The molecule has 0 unspecified atom stereocenters. The lowest BCUT2D eigenvalue weighted by Crippen LogP contribution is -1.80. The fraction of sp³-hybridized carbons (Fsp3) is 0. The molecule has 0 aliphatic carbocycles. The van der Waals surface area contributed by atoms with Crippen LogP contribution >= 0.6 is 0 Å². The fourth-order valence-electron chi connectivity index (χ4n) is 0.529. The molecule has 0 heterocycles. The Balaban J connectivity index is 0.000000315. The second kappa shape index (κ2) is 8.44. The number of benzene rings is 1. The maximum absolute atomic E-state index is 9.94. The van der Waals surface area contributed by atoms with E-state index in [-0.39, 0.29) is 0 Å². The molecule has 7 nitrogen and oxygen atoms in total. The molecule has 0 N–H and O–H groups in total. The molecule has 0 atom stereocenters. The molecule has 1 rings (SSSR count). The number of carbonyl (C=O) groups is 1. The van der Waals surface area contributed by atoms with Gasteiger partial charge in [0.05, 0.1) is 0 Å². The lowest BCUT2D eigenvalue weighted by Gasteiger charge is -1.69. The summed E-state index contributed by atoms with van der Waals surface area (Å²) in [5.74, 6) is 0. The molecule has 0 saturated heterocycles. The topological polar surface area (TPSA) is 110 Å². The molecule has 0 spiro atoms. The zero-order chi connectivity index (χ0) is 12.4. The molecule has 1 aromatic rings. The van der Waals surface area contributed by atoms with Crippen LogP contribution in [0.3, 0.4) is 0 Å². The van der Waals surface area contributed by atoms with E-state index in [1.807, 2.05) is 36.4 Å². The van der Waals surface area contributed by atoms with Gasteiger partial charge in [0, 0.05) is 0 Å². The summed E-state index contributed by atoms with van der Waals surface area (Å²) in [6, 6.07) is 10.4. The highest BCUT2D eigenvalue weighted by Gasteiger charge is 1.92. The van der Waals surface area contributed by atoms with Crippen molar-refractivity contribution in [2.45, 2.75) is 0 Å². The predicted octanol–water partition coefficient (Wildman–Crippen LogP) is 0.918. The average molecular weight is 262 g/mol. The van der Waals surface area contributed by atoms with Crippen LogP contribution in [0.4, 0.5) is 4.79 Å². The molecule has 0 fully saturated rings. The van der Waals surface area contributed by atoms with Crippen LogP contribution in [0.15, 0.2) is 45.1 Å². The molecule has 0 radical (unpaired) electrons. The van der Waals surface area contributed by atoms with Crippen molar-refractivity contribution in [2.75, 3.05) is 0 Å². The van der Waals surface area contributed by atoms with E-state index in [1.165, 1.54) is 0 Å². The van der Waals surface area contributed by atoms with Gasteiger partial charge in [-0.1, -0.05) is 45.1 Å². The number of hydrogen-bond acceptors (Lipinski definition) is 5. The molecular weight excluding hydrogens is 256 g/mol. The molecule has 0 aliphatic rings. The minimum atomic E-state index is -2.95. The zero-order valence-corrected chi connectivity index (χ0v) is 9.35. The molecular formula is C7H6N2O5S2. The second-order valence-electron chi connectivity index (χ2n) is 2.05. The van der Waals surface area contributed by atoms with E-state index in [0.717, 1.165) is 0 Å². The van der Waals surface area contributed by atoms with Crippen molar-refractivity contribution in [2.24, 2.45) is 8.73 Å². The third-order valence-electron chi connectivity index (χ3n) is 0.972. The van der Waals surface area contributed by atoms with E-state index in [4.69, 9.17) is 0 Å². The maximum Gasteiger partial charge on any atom is 0.396 e. The first kappa shape index (κ1) is 14.1. The molecule has 2 amide bonds. The molecule has 0 aliphatic heterocycles. The largest absolute Gasteiger partial charge is 0.396 e. The second-order valence-corrected chi connectivity index (χ2v) is 3.29. The van der Waals surface area contributed by atoms with Crippen molar-refractivity contribution < 1.29 is 21.6 Å². The van der Waals surface area contributed by atoms with Gasteiger partial charge in [-0.15, -0.1) is 0 Å². The van der Waals surface area contributed by atoms with Gasteiger partial charge in [0.1, 0.15) is 0 Å². The van der Waals surface area contributed by atoms with Crippen molar-refractivity contribution >= 4 is 27.0 Å². The summed E-state index contributed by atoms with van der Waals surface area (Å²) in [5.41, 5.74) is 0. The van der Waals surface area contributed by atoms with Crippen LogP contribution in [0, 0.1) is 0 Å². The van der Waals surface area contributed by atoms with E-state index < -0.39 is 27.0 Å². The first-order valence-electron chi connectivity index (χ1n) is 3.68. The Bertz CT molecular complexity index is 508. The first-order valence-corrected chi connectivity index (χ1v) is 5.75. The standard InChI is InChI=1S/C6H6.CN2O5S2/c1-2-4-6-5-3-1;4-1(2-9(5)6)3-10(7)8/h1-6H;. The van der Waals surface area contributed by atoms with Crippen LogP contribution in [0.2, 0.25) is 0 Å². The molecule has 0 saturated carbocycles. The van der Waals surface area contributed by atoms with Gasteiger partial charge in [-0.2, -0.15) is 16.8 Å². The third-order valence-corrected chi connectivity index (χ3v) is 1.58. The van der Waals surface area contributed by atoms with E-state index in [2.05, 4.69) is 8.73 Å². The van der Waals surface area contributed by atoms with Crippen LogP contribution in [-0.2, 0) is 21.0 Å². The Labute approximate surface area is 94.2 Å². The van der Waals surface area contributed by atoms with Gasteiger partial charge in [-0.3, -0.25) is 0 Å². The molecule has 0 bridgehead atoms. The van der Waals surface area contributed by atoms with Gasteiger partial charge in [-0.25, -0.2) is 4.79 Å². The van der Waals surface area contributed by atoms with Gasteiger partial charge in [0.25, 0.3) is 0 Å². The lowest BCUT2D eigenvalue weighted by atomic mass is 10.4. The summed E-state index contributed by atoms with van der Waals surface area (Å²) in [6.45, 7) is 0. The van der Waals surface area contributed by atoms with Gasteiger partial charge < -0.3 is 0 Å². The van der Waals surface area contributed by atoms with Crippen molar-refractivity contribution in [1.29, 1.82) is 0 Å². The number of rotatable bonds is 0. The molecule has 9 heteroatoms. The minimum Gasteiger partial charge on any atom is -0.241 e. The van der Waals surface area contributed by atoms with E-state index in [0.29, 0.717) is 0 Å². The van der Waals surface area contributed by atoms with Crippen LogP contribution in [0.25, 0.3) is 0 Å². The van der Waals surface area contributed by atoms with E-state index in [9.17, 15) is 21.6 Å². The number of urea groups is 1. The van der Waals surface area contributed by atoms with Crippen LogP contribution in [0.1, 0.15) is 0 Å². The van der Waals surface area contributed by atoms with Gasteiger partial charge in [0.2, 0.25) is 0 Å². The Kier molecular flexibility index (Phi) is 7.45. The lowest BCUT2D eigenvalue weighted by molar-refractivity contribution is 0.257. The summed E-state index contributed by atoms with van der Waals surface area (Å²) in [6.07, 6.45) is 0. The smallest absolute Gasteiger partial charge is 0.241 e. The van der Waals surface area contributed by atoms with Crippen molar-refractivity contribution in [1.82, 2.24) is 0 Å². The zero-order valence-electron chi connectivity index (χ0n) is 7.72. The number of carbonyl (C=O) groups excluding carboxylic acids is 1. The molecule has 86 valence electrons. The Morgan fingerprint density at radius 3 is 1.12 bits per heavy atom. The number of hydrogen-bond donors (Lipinski definition) is 0. The van der Waals surface area contributed by atoms with Gasteiger partial charge in [-0.05, 0) is 0 Å². The summed E-state index contributed by atoms with van der Waals surface area (Å²) in [4.78, 5) is 9.94. The average Bonchev–Trinajstić information content (AvgIpc) is 2.18. The van der Waals surface area contributed by atoms with Crippen LogP contribution in [0.5, 0.6) is 0 Å². The van der Waals surface area contributed by atoms with Gasteiger partial charge >= 0.3 is 27.0 Å². The highest BCUT2D eigenvalue weighted by atomic mass is 32.2. The SMILES string of the molecule is O=C(N=S(=O)=O)N=S(=O)=O.c1ccccc1. The summed E-state index contributed by atoms with van der Waals surface area (Å²) >= 11 is 0. The Hall–Kier alpha value is -1.87. The molecule has 16 heavy (non-hydrogen) atoms. The molecule has 1 aromatic carbocycles. The molecule has 0 aromatic heterocycles. The van der Waals surface area contributed by atoms with E-state index >= 15 is 0 Å². The highest BCUT2D eigenvalue weighted by Crippen LogP contribution is 1.80. The van der Waals surface area contributed by atoms with E-state index in [1.54, 1.807) is 0 Å². The Morgan fingerprint density at radius 2 is 0.938 bits per heavy atom. The highest BCUT2D eigenvalue weighted by molar-refractivity contribution is 7.63. The maximum atomic E-state index is 9.94. The van der Waals surface area contributed by atoms with Crippen molar-refractivity contribution in [3.8, 4) is 0 Å². The van der Waals surface area contributed by atoms with Crippen molar-refractivity contribution in [3.05, 3.63) is 36.4 Å². The fourth-order valence-corrected chi connectivity index (χ4v) is 0.917. The minimum absolute atomic E-state index is 1.57. The van der Waals surface area contributed by atoms with Crippen molar-refractivity contribution in [3.63, 3.8) is 0 Å². The predicted molar refractivity (Wildman–Crippen MR) is 54.5 cm³/mol.